The molecule has 0 bridgehead atoms. The van der Waals surface area contributed by atoms with Gasteiger partial charge in [0.1, 0.15) is 0 Å². The molecule has 2 heterocycles. The third-order valence-corrected chi connectivity index (χ3v) is 5.03. The minimum atomic E-state index is 0.149. The van der Waals surface area contributed by atoms with Crippen LogP contribution >= 0.6 is 11.3 Å². The first-order chi connectivity index (χ1) is 10.7. The lowest BCUT2D eigenvalue weighted by molar-refractivity contribution is 0.0751. The van der Waals surface area contributed by atoms with E-state index >= 15 is 0 Å². The number of carbonyl (C=O) groups is 1. The molecule has 2 N–H and O–H groups in total. The van der Waals surface area contributed by atoms with E-state index < -0.39 is 0 Å². The summed E-state index contributed by atoms with van der Waals surface area (Å²) >= 11 is 1.51. The molecule has 0 saturated carbocycles. The van der Waals surface area contributed by atoms with Gasteiger partial charge in [-0.25, -0.2) is 0 Å². The Hall–Kier alpha value is -2.01. The predicted molar refractivity (Wildman–Crippen MR) is 92.7 cm³/mol. The van der Waals surface area contributed by atoms with Gasteiger partial charge in [-0.05, 0) is 35.6 Å². The molecule has 3 rings (SSSR count). The highest BCUT2D eigenvalue weighted by atomic mass is 32.1. The van der Waals surface area contributed by atoms with E-state index in [9.17, 15) is 4.79 Å². The summed E-state index contributed by atoms with van der Waals surface area (Å²) in [4.78, 5) is 17.4. The number of piperazine rings is 1. The van der Waals surface area contributed by atoms with Crippen LogP contribution in [0.5, 0.6) is 0 Å². The number of thiophene rings is 1. The minimum Gasteiger partial charge on any atom is -0.398 e. The fraction of sp³-hybridized carbons (Fsp3) is 0.353. The summed E-state index contributed by atoms with van der Waals surface area (Å²) in [5.41, 5.74) is 9.29. The van der Waals surface area contributed by atoms with Gasteiger partial charge in [0.25, 0.3) is 5.91 Å². The zero-order chi connectivity index (χ0) is 15.5. The van der Waals surface area contributed by atoms with Crippen LogP contribution < -0.4 is 10.6 Å². The highest BCUT2D eigenvalue weighted by Crippen LogP contribution is 2.23. The van der Waals surface area contributed by atoms with Crippen molar-refractivity contribution in [2.45, 2.75) is 13.3 Å². The van der Waals surface area contributed by atoms with E-state index in [1.54, 1.807) is 0 Å². The molecule has 0 spiro atoms. The van der Waals surface area contributed by atoms with Gasteiger partial charge in [-0.2, -0.15) is 0 Å². The number of nitrogens with two attached hydrogens (primary N) is 1. The Morgan fingerprint density at radius 1 is 1.23 bits per heavy atom. The molecule has 4 nitrogen and oxygen atoms in total. The van der Waals surface area contributed by atoms with Gasteiger partial charge in [0, 0.05) is 37.6 Å². The number of anilines is 2. The van der Waals surface area contributed by atoms with Crippen molar-refractivity contribution in [3.8, 4) is 0 Å². The van der Waals surface area contributed by atoms with Crippen LogP contribution in [0.2, 0.25) is 0 Å². The molecule has 22 heavy (non-hydrogen) atoms. The first-order valence-corrected chi connectivity index (χ1v) is 8.53. The van der Waals surface area contributed by atoms with Crippen molar-refractivity contribution in [2.24, 2.45) is 0 Å². The number of amides is 1. The predicted octanol–water partition coefficient (Wildman–Crippen LogP) is 2.86. The standard InChI is InChI=1S/C17H21N3OS/c1-2-13-5-6-14(12-15(13)18)19-7-9-20(10-8-19)17(21)16-4-3-11-22-16/h3-6,11-12H,2,7-10,18H2,1H3. The SMILES string of the molecule is CCc1ccc(N2CCN(C(=O)c3cccs3)CC2)cc1N. The Morgan fingerprint density at radius 2 is 2.00 bits per heavy atom. The molecule has 1 saturated heterocycles. The smallest absolute Gasteiger partial charge is 0.264 e. The number of benzene rings is 1. The summed E-state index contributed by atoms with van der Waals surface area (Å²) in [7, 11) is 0. The number of nitrogen functional groups attached to an aromatic ring is 1. The third kappa shape index (κ3) is 2.95. The topological polar surface area (TPSA) is 49.6 Å². The Morgan fingerprint density at radius 3 is 2.59 bits per heavy atom. The monoisotopic (exact) mass is 315 g/mol. The van der Waals surface area contributed by atoms with E-state index in [1.807, 2.05) is 22.4 Å². The summed E-state index contributed by atoms with van der Waals surface area (Å²) in [6.07, 6.45) is 0.954. The maximum absolute atomic E-state index is 12.3. The Labute approximate surface area is 135 Å². The van der Waals surface area contributed by atoms with Crippen molar-refractivity contribution in [3.63, 3.8) is 0 Å². The largest absolute Gasteiger partial charge is 0.398 e. The molecule has 0 unspecified atom stereocenters. The molecule has 2 aromatic rings. The molecule has 0 aliphatic carbocycles. The molecular weight excluding hydrogens is 294 g/mol. The van der Waals surface area contributed by atoms with Gasteiger partial charge in [0.15, 0.2) is 0 Å². The summed E-state index contributed by atoms with van der Waals surface area (Å²) in [6.45, 7) is 5.32. The van der Waals surface area contributed by atoms with Crippen LogP contribution in [0.15, 0.2) is 35.7 Å². The van der Waals surface area contributed by atoms with Crippen LogP contribution in [0.25, 0.3) is 0 Å². The Bertz CT molecular complexity index is 646. The van der Waals surface area contributed by atoms with Crippen molar-refractivity contribution >= 4 is 28.6 Å². The molecule has 5 heteroatoms. The van der Waals surface area contributed by atoms with Gasteiger partial charge in [0.2, 0.25) is 0 Å². The van der Waals surface area contributed by atoms with Crippen molar-refractivity contribution < 1.29 is 4.79 Å². The van der Waals surface area contributed by atoms with Crippen LogP contribution in [-0.4, -0.2) is 37.0 Å². The molecule has 116 valence electrons. The quantitative estimate of drug-likeness (QED) is 0.886. The zero-order valence-electron chi connectivity index (χ0n) is 12.8. The lowest BCUT2D eigenvalue weighted by atomic mass is 10.1. The number of nitrogens with zero attached hydrogens (tertiary/aromatic N) is 2. The van der Waals surface area contributed by atoms with E-state index in [0.717, 1.165) is 48.9 Å². The number of carbonyl (C=O) groups excluding carboxylic acids is 1. The highest BCUT2D eigenvalue weighted by molar-refractivity contribution is 7.12. The first-order valence-electron chi connectivity index (χ1n) is 7.65. The lowest BCUT2D eigenvalue weighted by Gasteiger charge is -2.36. The number of hydrogen-bond acceptors (Lipinski definition) is 4. The summed E-state index contributed by atoms with van der Waals surface area (Å²) in [5.74, 6) is 0.149. The second kappa shape index (κ2) is 6.40. The summed E-state index contributed by atoms with van der Waals surface area (Å²) in [6, 6.07) is 10.1. The van der Waals surface area contributed by atoms with Crippen LogP contribution in [0, 0.1) is 0 Å². The summed E-state index contributed by atoms with van der Waals surface area (Å²) in [5, 5.41) is 1.95. The fourth-order valence-corrected chi connectivity index (χ4v) is 3.52. The fourth-order valence-electron chi connectivity index (χ4n) is 2.82. The highest BCUT2D eigenvalue weighted by Gasteiger charge is 2.23. The van der Waals surface area contributed by atoms with E-state index in [4.69, 9.17) is 5.73 Å². The molecule has 1 fully saturated rings. The molecule has 0 atom stereocenters. The molecule has 1 aliphatic rings. The van der Waals surface area contributed by atoms with Gasteiger partial charge in [-0.1, -0.05) is 19.1 Å². The van der Waals surface area contributed by atoms with Crippen molar-refractivity contribution in [1.82, 2.24) is 4.90 Å². The maximum Gasteiger partial charge on any atom is 0.264 e. The van der Waals surface area contributed by atoms with E-state index in [1.165, 1.54) is 16.9 Å². The van der Waals surface area contributed by atoms with E-state index in [2.05, 4.69) is 30.0 Å². The molecular formula is C17H21N3OS. The van der Waals surface area contributed by atoms with E-state index in [0.29, 0.717) is 0 Å². The van der Waals surface area contributed by atoms with Gasteiger partial charge in [0.05, 0.1) is 4.88 Å². The average Bonchev–Trinajstić information content (AvgIpc) is 3.09. The normalized spacial score (nSPS) is 15.1. The zero-order valence-corrected chi connectivity index (χ0v) is 13.6. The second-order valence-corrected chi connectivity index (χ2v) is 6.44. The molecule has 1 aromatic heterocycles. The number of aryl methyl sites for hydroxylation is 1. The molecule has 0 radical (unpaired) electrons. The van der Waals surface area contributed by atoms with Crippen LogP contribution in [-0.2, 0) is 6.42 Å². The van der Waals surface area contributed by atoms with Gasteiger partial charge in [-0.3, -0.25) is 4.79 Å². The van der Waals surface area contributed by atoms with Crippen molar-refractivity contribution in [1.29, 1.82) is 0 Å². The average molecular weight is 315 g/mol. The number of rotatable bonds is 3. The van der Waals surface area contributed by atoms with E-state index in [-0.39, 0.29) is 5.91 Å². The summed E-state index contributed by atoms with van der Waals surface area (Å²) < 4.78 is 0. The van der Waals surface area contributed by atoms with Crippen molar-refractivity contribution in [3.05, 3.63) is 46.2 Å². The van der Waals surface area contributed by atoms with Gasteiger partial charge >= 0.3 is 0 Å². The second-order valence-electron chi connectivity index (χ2n) is 5.49. The molecule has 1 aromatic carbocycles. The van der Waals surface area contributed by atoms with Crippen LogP contribution in [0.4, 0.5) is 11.4 Å². The maximum atomic E-state index is 12.3. The lowest BCUT2D eigenvalue weighted by Crippen LogP contribution is -2.48. The molecule has 1 aliphatic heterocycles. The first kappa shape index (κ1) is 14.9. The van der Waals surface area contributed by atoms with Crippen LogP contribution in [0.3, 0.4) is 0 Å². The number of hydrogen-bond donors (Lipinski definition) is 1. The van der Waals surface area contributed by atoms with Gasteiger partial charge < -0.3 is 15.5 Å². The Balaban J connectivity index is 1.64. The molecule has 1 amide bonds. The third-order valence-electron chi connectivity index (χ3n) is 4.17. The van der Waals surface area contributed by atoms with Crippen molar-refractivity contribution in [2.75, 3.05) is 36.8 Å². The Kier molecular flexibility index (Phi) is 4.34. The minimum absolute atomic E-state index is 0.149. The van der Waals surface area contributed by atoms with Gasteiger partial charge in [-0.15, -0.1) is 11.3 Å². The van der Waals surface area contributed by atoms with Crippen LogP contribution in [0.1, 0.15) is 22.2 Å².